The van der Waals surface area contributed by atoms with Gasteiger partial charge in [-0.15, -0.1) is 0 Å². The monoisotopic (exact) mass is 92.1 g/mol. The second-order valence-corrected chi connectivity index (χ2v) is 1.10. The Morgan fingerprint density at radius 1 is 0.833 bits per heavy atom. The Labute approximate surface area is 50.8 Å². The molecule has 1 fully saturated rings. The van der Waals surface area contributed by atoms with Crippen molar-refractivity contribution in [2.24, 2.45) is 0 Å². The Morgan fingerprint density at radius 3 is 1.83 bits per heavy atom. The average molecular weight is 92.2 g/mol. The highest BCUT2D eigenvalue weighted by Gasteiger charge is 1.95. The lowest BCUT2D eigenvalue weighted by atomic mass is 10.0. The van der Waals surface area contributed by atoms with Crippen molar-refractivity contribution in [1.82, 2.24) is 0 Å². The molecule has 0 heteroatoms. The summed E-state index contributed by atoms with van der Waals surface area (Å²) in [4.78, 5) is 0. The summed E-state index contributed by atoms with van der Waals surface area (Å²) in [7, 11) is 0. The molecule has 0 heterocycles. The third kappa shape index (κ3) is 1.00. The van der Waals surface area contributed by atoms with Crippen LogP contribution >= 0.6 is 0 Å². The fourth-order valence-corrected chi connectivity index (χ4v) is 0.338. The summed E-state index contributed by atoms with van der Waals surface area (Å²) in [6.45, 7) is 0. The summed E-state index contributed by atoms with van der Waals surface area (Å²) in [5.41, 5.74) is 0. The summed E-state index contributed by atoms with van der Waals surface area (Å²) >= 11 is 0. The highest BCUT2D eigenvalue weighted by Crippen LogP contribution is 2.15. The molecule has 0 bridgehead atoms. The normalized spacial score (nSPS) is 77.3. The van der Waals surface area contributed by atoms with Crippen LogP contribution in [0.25, 0.3) is 0 Å². The van der Waals surface area contributed by atoms with Gasteiger partial charge in [0.2, 0.25) is 0 Å². The van der Waals surface area contributed by atoms with Crippen LogP contribution in [0.1, 0.15) is 49.3 Å². The quantitative estimate of drug-likeness (QED) is 0.430. The number of rotatable bonds is 0. The minimum atomic E-state index is -2.80. The maximum Gasteiger partial charge on any atom is 0.0267 e. The van der Waals surface area contributed by atoms with Crippen molar-refractivity contribution < 1.29 is 11.0 Å². The lowest BCUT2D eigenvalue weighted by Crippen LogP contribution is -1.85. The zero-order valence-electron chi connectivity index (χ0n) is 11.4. The van der Waals surface area contributed by atoms with E-state index in [9.17, 15) is 0 Å². The van der Waals surface area contributed by atoms with Crippen LogP contribution in [0.15, 0.2) is 0 Å². The Morgan fingerprint density at radius 2 is 1.33 bits per heavy atom. The van der Waals surface area contributed by atoms with E-state index in [0.717, 1.165) is 0 Å². The predicted octanol–water partition coefficient (Wildman–Crippen LogP) is 2.34. The molecule has 1 rings (SSSR count). The van der Waals surface area contributed by atoms with Crippen molar-refractivity contribution in [2.75, 3.05) is 0 Å². The molecule has 0 N–H and O–H groups in total. The molecule has 0 atom stereocenters. The molecular weight excluding hydrogens is 72.1 g/mol. The highest BCUT2D eigenvalue weighted by atomic mass is 14.0. The first-order valence-corrected chi connectivity index (χ1v) is 1.96. The SMILES string of the molecule is [2H]C1([2H])CCC([2H])([2H])C([2H])([2H])C1([2H])[2H]. The average Bonchev–Trinajstić information content (AvgIpc) is 1.98. The lowest BCUT2D eigenvalue weighted by molar-refractivity contribution is 0.504. The molecule has 0 amide bonds. The first-order valence-electron chi connectivity index (χ1n) is 5.96. The summed E-state index contributed by atoms with van der Waals surface area (Å²) in [6, 6.07) is 0. The van der Waals surface area contributed by atoms with Gasteiger partial charge in [-0.3, -0.25) is 0 Å². The molecule has 0 nitrogen and oxygen atoms in total. The first kappa shape index (κ1) is 0.765. The minimum absolute atomic E-state index is 0.299. The van der Waals surface area contributed by atoms with Crippen molar-refractivity contribution >= 4 is 0 Å². The summed E-state index contributed by atoms with van der Waals surface area (Å²) in [5, 5.41) is 0. The smallest absolute Gasteiger partial charge is 0.0267 e. The molecule has 1 saturated carbocycles. The number of hydrogen-bond donors (Lipinski definition) is 0. The Bertz CT molecular complexity index is 216. The van der Waals surface area contributed by atoms with Crippen LogP contribution in [-0.2, 0) is 0 Å². The van der Waals surface area contributed by atoms with E-state index in [0.29, 0.717) is 0 Å². The minimum Gasteiger partial charge on any atom is -0.0533 e. The Hall–Kier alpha value is 0. The lowest BCUT2D eigenvalue weighted by Gasteiger charge is -2.05. The number of hydrogen-bond acceptors (Lipinski definition) is 0. The summed E-state index contributed by atoms with van der Waals surface area (Å²) in [6.07, 6.45) is -10.8. The van der Waals surface area contributed by atoms with Crippen molar-refractivity contribution in [3.05, 3.63) is 0 Å². The molecule has 0 spiro atoms. The van der Waals surface area contributed by atoms with E-state index in [1.807, 2.05) is 0 Å². The summed E-state index contributed by atoms with van der Waals surface area (Å²) in [5.74, 6) is 0. The van der Waals surface area contributed by atoms with Crippen LogP contribution in [0.2, 0.25) is 0 Å². The second-order valence-electron chi connectivity index (χ2n) is 1.10. The highest BCUT2D eigenvalue weighted by molar-refractivity contribution is 4.51. The van der Waals surface area contributed by atoms with Crippen LogP contribution in [0, 0.1) is 0 Å². The molecule has 1 aliphatic rings. The largest absolute Gasteiger partial charge is 0.0533 e. The van der Waals surface area contributed by atoms with Crippen LogP contribution in [-0.4, -0.2) is 0 Å². The van der Waals surface area contributed by atoms with Gasteiger partial charge in [-0.05, 0) is 0 Å². The third-order valence-electron chi connectivity index (χ3n) is 0.614. The van der Waals surface area contributed by atoms with Gasteiger partial charge < -0.3 is 0 Å². The Kier molecular flexibility index (Phi) is 0.283. The summed E-state index contributed by atoms with van der Waals surface area (Å²) < 4.78 is 58.8. The molecule has 6 heavy (non-hydrogen) atoms. The molecule has 0 aromatic rings. The van der Waals surface area contributed by atoms with Crippen LogP contribution in [0.4, 0.5) is 0 Å². The maximum atomic E-state index is 7.36. The van der Waals surface area contributed by atoms with Crippen molar-refractivity contribution in [2.45, 2.75) is 38.3 Å². The maximum absolute atomic E-state index is 7.36. The van der Waals surface area contributed by atoms with E-state index in [2.05, 4.69) is 0 Å². The van der Waals surface area contributed by atoms with E-state index in [-0.39, 0.29) is 12.8 Å². The Balaban J connectivity index is 3.20. The van der Waals surface area contributed by atoms with Crippen molar-refractivity contribution in [1.29, 1.82) is 0 Å². The molecule has 0 aromatic heterocycles. The van der Waals surface area contributed by atoms with Gasteiger partial charge in [0.25, 0.3) is 0 Å². The van der Waals surface area contributed by atoms with E-state index in [4.69, 9.17) is 11.0 Å². The zero-order chi connectivity index (χ0) is 11.4. The van der Waals surface area contributed by atoms with Gasteiger partial charge >= 0.3 is 0 Å². The first-order chi connectivity index (χ1) is 5.96. The third-order valence-corrected chi connectivity index (χ3v) is 0.614. The van der Waals surface area contributed by atoms with Crippen molar-refractivity contribution in [3.8, 4) is 0 Å². The van der Waals surface area contributed by atoms with E-state index in [1.54, 1.807) is 0 Å². The molecule has 0 aromatic carbocycles. The van der Waals surface area contributed by atoms with Crippen LogP contribution < -0.4 is 0 Å². The molecule has 0 aliphatic heterocycles. The molecule has 1 aliphatic carbocycles. The predicted molar refractivity (Wildman–Crippen MR) is 27.7 cm³/mol. The molecule has 0 saturated heterocycles. The van der Waals surface area contributed by atoms with Gasteiger partial charge in [-0.1, -0.05) is 38.3 Å². The van der Waals surface area contributed by atoms with Crippen LogP contribution in [0.3, 0.4) is 0 Å². The van der Waals surface area contributed by atoms with E-state index in [1.165, 1.54) is 0 Å². The zero-order valence-corrected chi connectivity index (χ0v) is 3.41. The van der Waals surface area contributed by atoms with Crippen molar-refractivity contribution in [3.63, 3.8) is 0 Å². The standard InChI is InChI=1S/C6H12/c1-2-4-6-5-3-1/h1-6H2/i1D2,2D2,3D2,4D2. The van der Waals surface area contributed by atoms with E-state index < -0.39 is 25.5 Å². The van der Waals surface area contributed by atoms with E-state index >= 15 is 0 Å². The van der Waals surface area contributed by atoms with Crippen LogP contribution in [0.5, 0.6) is 0 Å². The topological polar surface area (TPSA) is 0 Å². The van der Waals surface area contributed by atoms with Gasteiger partial charge in [0.1, 0.15) is 0 Å². The van der Waals surface area contributed by atoms with Gasteiger partial charge in [0, 0.05) is 11.0 Å². The van der Waals surface area contributed by atoms with Gasteiger partial charge in [-0.2, -0.15) is 0 Å². The van der Waals surface area contributed by atoms with Gasteiger partial charge in [-0.25, -0.2) is 0 Å². The fourth-order valence-electron chi connectivity index (χ4n) is 0.338. The second kappa shape index (κ2) is 2.22. The molecule has 0 unspecified atom stereocenters. The van der Waals surface area contributed by atoms with Gasteiger partial charge in [0.05, 0.1) is 0 Å². The molecular formula is C6H12. The molecule has 36 valence electrons. The fraction of sp³-hybridized carbons (Fsp3) is 1.00. The molecule has 0 radical (unpaired) electrons. The van der Waals surface area contributed by atoms with Gasteiger partial charge in [0.15, 0.2) is 0 Å².